The van der Waals surface area contributed by atoms with Crippen molar-refractivity contribution in [2.75, 3.05) is 24.7 Å². The number of thiophene rings is 1. The third-order valence-corrected chi connectivity index (χ3v) is 6.53. The van der Waals surface area contributed by atoms with E-state index >= 15 is 0 Å². The fourth-order valence-electron chi connectivity index (χ4n) is 3.84. The van der Waals surface area contributed by atoms with Crippen LogP contribution >= 0.6 is 11.3 Å². The summed E-state index contributed by atoms with van der Waals surface area (Å²) < 4.78 is 5.49. The molecule has 1 aliphatic rings. The van der Waals surface area contributed by atoms with Crippen LogP contribution in [0.15, 0.2) is 16.2 Å². The van der Waals surface area contributed by atoms with Gasteiger partial charge in [-0.3, -0.25) is 9.59 Å². The highest BCUT2D eigenvalue weighted by atomic mass is 32.1. The minimum atomic E-state index is -0.141. The lowest BCUT2D eigenvalue weighted by molar-refractivity contribution is 0.0847. The Morgan fingerprint density at radius 3 is 2.68 bits per heavy atom. The molecule has 1 amide bonds. The smallest absolute Gasteiger partial charge is 0.253 e. The third-order valence-electron chi connectivity index (χ3n) is 5.41. The van der Waals surface area contributed by atoms with Crippen molar-refractivity contribution in [3.8, 4) is 0 Å². The number of nitrogens with one attached hydrogen (secondary N) is 2. The van der Waals surface area contributed by atoms with E-state index in [9.17, 15) is 9.59 Å². The summed E-state index contributed by atoms with van der Waals surface area (Å²) in [6.45, 7) is 10.6. The number of carbonyl (C=O) groups excluding carboxylic acids is 1. The van der Waals surface area contributed by atoms with Gasteiger partial charge in [0.25, 0.3) is 11.5 Å². The Morgan fingerprint density at radius 2 is 2.04 bits per heavy atom. The van der Waals surface area contributed by atoms with Crippen molar-refractivity contribution in [2.45, 2.75) is 53.1 Å². The molecule has 152 valence electrons. The second-order valence-corrected chi connectivity index (χ2v) is 8.19. The minimum Gasteiger partial charge on any atom is -0.381 e. The molecule has 28 heavy (non-hydrogen) atoms. The van der Waals surface area contributed by atoms with Gasteiger partial charge in [0.2, 0.25) is 0 Å². The van der Waals surface area contributed by atoms with Gasteiger partial charge < -0.3 is 19.9 Å². The van der Waals surface area contributed by atoms with E-state index in [1.54, 1.807) is 11.3 Å². The van der Waals surface area contributed by atoms with E-state index in [-0.39, 0.29) is 18.0 Å². The molecule has 7 heteroatoms. The number of amides is 1. The molecule has 3 rings (SSSR count). The maximum absolute atomic E-state index is 12.8. The van der Waals surface area contributed by atoms with Gasteiger partial charge in [0.05, 0.1) is 10.6 Å². The highest BCUT2D eigenvalue weighted by molar-refractivity contribution is 7.14. The first-order valence-corrected chi connectivity index (χ1v) is 10.7. The van der Waals surface area contributed by atoms with E-state index in [0.717, 1.165) is 54.4 Å². The number of H-pyrrole nitrogens is 1. The van der Waals surface area contributed by atoms with E-state index in [0.29, 0.717) is 17.2 Å². The summed E-state index contributed by atoms with van der Waals surface area (Å²) in [5, 5.41) is 6.00. The van der Waals surface area contributed by atoms with Crippen LogP contribution < -0.4 is 15.8 Å². The summed E-state index contributed by atoms with van der Waals surface area (Å²) >= 11 is 1.62. The lowest BCUT2D eigenvalue weighted by Gasteiger charge is -2.34. The van der Waals surface area contributed by atoms with Crippen LogP contribution in [0.3, 0.4) is 0 Å². The molecule has 1 saturated heterocycles. The first kappa shape index (κ1) is 20.6. The Hall–Kier alpha value is -2.12. The Kier molecular flexibility index (Phi) is 6.57. The Bertz CT molecular complexity index is 897. The predicted octanol–water partition coefficient (Wildman–Crippen LogP) is 3.30. The van der Waals surface area contributed by atoms with Gasteiger partial charge in [0, 0.05) is 49.0 Å². The zero-order chi connectivity index (χ0) is 20.3. The van der Waals surface area contributed by atoms with Crippen LogP contribution in [0, 0.1) is 20.8 Å². The average Bonchev–Trinajstić information content (AvgIpc) is 3.04. The van der Waals surface area contributed by atoms with Crippen LogP contribution in [-0.4, -0.2) is 36.7 Å². The third kappa shape index (κ3) is 4.31. The Labute approximate surface area is 169 Å². The van der Waals surface area contributed by atoms with E-state index in [1.165, 1.54) is 0 Å². The summed E-state index contributed by atoms with van der Waals surface area (Å²) in [5.74, 6) is -0.137. The summed E-state index contributed by atoms with van der Waals surface area (Å²) in [5.41, 5.74) is 3.86. The standard InChI is InChI=1S/C21H29N3O3S/c1-5-24(16-6-8-27-9-7-16)21-15(4)18(12-28-21)19(25)22-11-17-13(2)10-14(3)23-20(17)26/h10,12,16H,5-9,11H2,1-4H3,(H,22,25)(H,23,26). The zero-order valence-corrected chi connectivity index (χ0v) is 17.9. The van der Waals surface area contributed by atoms with Gasteiger partial charge in [-0.05, 0) is 57.7 Å². The van der Waals surface area contributed by atoms with Crippen LogP contribution in [0.25, 0.3) is 0 Å². The molecule has 0 spiro atoms. The van der Waals surface area contributed by atoms with Crippen LogP contribution in [0.4, 0.5) is 5.00 Å². The quantitative estimate of drug-likeness (QED) is 0.776. The van der Waals surface area contributed by atoms with Crippen molar-refractivity contribution < 1.29 is 9.53 Å². The van der Waals surface area contributed by atoms with Gasteiger partial charge in [-0.15, -0.1) is 11.3 Å². The van der Waals surface area contributed by atoms with Gasteiger partial charge in [-0.2, -0.15) is 0 Å². The molecule has 0 aliphatic carbocycles. The van der Waals surface area contributed by atoms with E-state index in [2.05, 4.69) is 22.1 Å². The summed E-state index contributed by atoms with van der Waals surface area (Å²) in [4.78, 5) is 30.1. The second kappa shape index (κ2) is 8.92. The second-order valence-electron chi connectivity index (χ2n) is 7.33. The molecule has 2 aromatic rings. The Morgan fingerprint density at radius 1 is 1.32 bits per heavy atom. The van der Waals surface area contributed by atoms with Gasteiger partial charge in [0.15, 0.2) is 0 Å². The van der Waals surface area contributed by atoms with Crippen molar-refractivity contribution in [1.82, 2.24) is 10.3 Å². The fraction of sp³-hybridized carbons (Fsp3) is 0.524. The van der Waals surface area contributed by atoms with Crippen molar-refractivity contribution in [1.29, 1.82) is 0 Å². The number of pyridine rings is 1. The first-order valence-electron chi connectivity index (χ1n) is 9.82. The molecule has 3 heterocycles. The van der Waals surface area contributed by atoms with Gasteiger partial charge in [-0.25, -0.2) is 0 Å². The number of aryl methyl sites for hydroxylation is 2. The van der Waals surface area contributed by atoms with Crippen LogP contribution in [0.5, 0.6) is 0 Å². The van der Waals surface area contributed by atoms with Gasteiger partial charge in [0.1, 0.15) is 0 Å². The molecule has 0 aromatic carbocycles. The number of aromatic nitrogens is 1. The Balaban J connectivity index is 1.74. The molecule has 0 unspecified atom stereocenters. The predicted molar refractivity (Wildman–Crippen MR) is 114 cm³/mol. The first-order chi connectivity index (χ1) is 13.4. The number of hydrogen-bond donors (Lipinski definition) is 2. The monoisotopic (exact) mass is 403 g/mol. The zero-order valence-electron chi connectivity index (χ0n) is 17.1. The normalized spacial score (nSPS) is 14.9. The minimum absolute atomic E-state index is 0.137. The largest absolute Gasteiger partial charge is 0.381 e. The van der Waals surface area contributed by atoms with E-state index in [1.807, 2.05) is 32.2 Å². The highest BCUT2D eigenvalue weighted by Gasteiger charge is 2.25. The van der Waals surface area contributed by atoms with E-state index in [4.69, 9.17) is 4.74 Å². The molecule has 1 fully saturated rings. The van der Waals surface area contributed by atoms with Gasteiger partial charge >= 0.3 is 0 Å². The van der Waals surface area contributed by atoms with E-state index < -0.39 is 0 Å². The number of aromatic amines is 1. The maximum Gasteiger partial charge on any atom is 0.253 e. The average molecular weight is 404 g/mol. The summed E-state index contributed by atoms with van der Waals surface area (Å²) in [7, 11) is 0. The molecule has 1 aliphatic heterocycles. The number of rotatable bonds is 6. The molecular formula is C21H29N3O3S. The summed E-state index contributed by atoms with van der Waals surface area (Å²) in [6, 6.07) is 2.38. The van der Waals surface area contributed by atoms with Crippen LogP contribution in [0.2, 0.25) is 0 Å². The number of carbonyl (C=O) groups is 1. The SMILES string of the molecule is CCN(c1scc(C(=O)NCc2c(C)cc(C)[nH]c2=O)c1C)C1CCOCC1. The molecular weight excluding hydrogens is 374 g/mol. The van der Waals surface area contributed by atoms with Crippen molar-refractivity contribution in [3.05, 3.63) is 49.7 Å². The van der Waals surface area contributed by atoms with Crippen molar-refractivity contribution in [2.24, 2.45) is 0 Å². The molecule has 2 aromatic heterocycles. The number of anilines is 1. The molecule has 0 bridgehead atoms. The van der Waals surface area contributed by atoms with Gasteiger partial charge in [-0.1, -0.05) is 0 Å². The number of nitrogens with zero attached hydrogens (tertiary/aromatic N) is 1. The highest BCUT2D eigenvalue weighted by Crippen LogP contribution is 2.34. The van der Waals surface area contributed by atoms with Crippen molar-refractivity contribution in [3.63, 3.8) is 0 Å². The van der Waals surface area contributed by atoms with Crippen LogP contribution in [-0.2, 0) is 11.3 Å². The summed E-state index contributed by atoms with van der Waals surface area (Å²) in [6.07, 6.45) is 2.03. The molecule has 2 N–H and O–H groups in total. The molecule has 6 nitrogen and oxygen atoms in total. The molecule has 0 atom stereocenters. The number of ether oxygens (including phenoxy) is 1. The topological polar surface area (TPSA) is 74.4 Å². The molecule has 0 radical (unpaired) electrons. The van der Waals surface area contributed by atoms with Crippen molar-refractivity contribution >= 4 is 22.2 Å². The molecule has 0 saturated carbocycles. The lowest BCUT2D eigenvalue weighted by atomic mass is 10.1. The lowest BCUT2D eigenvalue weighted by Crippen LogP contribution is -2.39. The maximum atomic E-state index is 12.8. The fourth-order valence-corrected chi connectivity index (χ4v) is 5.06. The van der Waals surface area contributed by atoms with Crippen LogP contribution in [0.1, 0.15) is 52.5 Å². The number of hydrogen-bond acceptors (Lipinski definition) is 5.